The average Bonchev–Trinajstić information content (AvgIpc) is 3.09. The van der Waals surface area contributed by atoms with Gasteiger partial charge < -0.3 is 20.1 Å². The number of aliphatic hydroxyl groups excluding tert-OH is 3. The zero-order chi connectivity index (χ0) is 22.1. The summed E-state index contributed by atoms with van der Waals surface area (Å²) in [6.45, 7) is 1.97. The van der Waals surface area contributed by atoms with Crippen molar-refractivity contribution in [1.29, 1.82) is 0 Å². The van der Waals surface area contributed by atoms with Crippen LogP contribution in [-0.2, 0) is 19.2 Å². The summed E-state index contributed by atoms with van der Waals surface area (Å²) < 4.78 is 36.3. The number of hydrogen-bond acceptors (Lipinski definition) is 8. The lowest BCUT2D eigenvalue weighted by atomic mass is 9.93. The number of amides is 1. The van der Waals surface area contributed by atoms with Gasteiger partial charge >= 0.3 is 16.4 Å². The topological polar surface area (TPSA) is 146 Å². The predicted molar refractivity (Wildman–Crippen MR) is 109 cm³/mol. The Balaban J connectivity index is 1.69. The molecule has 0 bridgehead atoms. The largest absolute Gasteiger partial charge is 0.447 e. The summed E-state index contributed by atoms with van der Waals surface area (Å²) in [7, 11) is -4.28. The van der Waals surface area contributed by atoms with Gasteiger partial charge in [0.2, 0.25) is 0 Å². The maximum atomic E-state index is 12.2. The Bertz CT molecular complexity index is 632. The fourth-order valence-electron chi connectivity index (χ4n) is 3.88. The van der Waals surface area contributed by atoms with Crippen LogP contribution in [0, 0.1) is 0 Å². The van der Waals surface area contributed by atoms with Gasteiger partial charge in [-0.25, -0.2) is 4.79 Å². The van der Waals surface area contributed by atoms with E-state index in [0.29, 0.717) is 6.42 Å². The predicted octanol–water partition coefficient (Wildman–Crippen LogP) is 1.00. The number of piperidine rings is 1. The highest BCUT2D eigenvalue weighted by Crippen LogP contribution is 2.29. The van der Waals surface area contributed by atoms with E-state index >= 15 is 0 Å². The molecule has 2 heterocycles. The third kappa shape index (κ3) is 7.03. The van der Waals surface area contributed by atoms with Crippen molar-refractivity contribution in [3.05, 3.63) is 0 Å². The van der Waals surface area contributed by atoms with Gasteiger partial charge in [-0.2, -0.15) is 13.1 Å². The van der Waals surface area contributed by atoms with Gasteiger partial charge in [0.15, 0.2) is 0 Å². The van der Waals surface area contributed by atoms with Gasteiger partial charge in [-0.3, -0.25) is 9.08 Å². The number of nitrogens with zero attached hydrogens (tertiary/aromatic N) is 1. The van der Waals surface area contributed by atoms with Crippen molar-refractivity contribution in [2.45, 2.75) is 102 Å². The third-order valence-corrected chi connectivity index (χ3v) is 6.67. The van der Waals surface area contributed by atoms with Gasteiger partial charge in [-0.05, 0) is 6.42 Å². The molecule has 10 nitrogen and oxygen atoms in total. The molecule has 0 aromatic rings. The Morgan fingerprint density at radius 3 is 2.13 bits per heavy atom. The number of carbonyl (C=O) groups is 1. The number of rotatable bonds is 14. The van der Waals surface area contributed by atoms with Gasteiger partial charge in [0.25, 0.3) is 0 Å². The third-order valence-electron chi connectivity index (χ3n) is 5.66. The Morgan fingerprint density at radius 1 is 0.967 bits per heavy atom. The summed E-state index contributed by atoms with van der Waals surface area (Å²) in [5.41, 5.74) is 0. The van der Waals surface area contributed by atoms with Crippen LogP contribution in [0.2, 0.25) is 0 Å². The summed E-state index contributed by atoms with van der Waals surface area (Å²) in [6.07, 6.45) is 3.88. The van der Waals surface area contributed by atoms with Gasteiger partial charge in [0, 0.05) is 0 Å². The minimum atomic E-state index is -4.28. The lowest BCUT2D eigenvalue weighted by molar-refractivity contribution is -0.144. The monoisotopic (exact) mass is 452 g/mol. The Kier molecular flexibility index (Phi) is 10.2. The number of aliphatic hydroxyl groups is 3. The van der Waals surface area contributed by atoms with E-state index in [2.05, 4.69) is 11.6 Å². The number of fused-ring (bicyclic) bond motifs is 1. The Hall–Kier alpha value is -0.980. The van der Waals surface area contributed by atoms with E-state index in [1.807, 2.05) is 0 Å². The molecule has 2 rings (SSSR count). The molecule has 2 unspecified atom stereocenters. The zero-order valence-corrected chi connectivity index (χ0v) is 18.4. The summed E-state index contributed by atoms with van der Waals surface area (Å²) in [6, 6.07) is -0.953. The standard InChI is InChI=1S/C19H36N2O8S/c1-2-3-4-5-6-7-8-9-10-11-12-29-30(26,27)20-18-17(24)16(23)15(22)14-13-28-19(25)21(14)18/h14-18,20,22-24H,2-13H2,1H3/t14?,15-,16?,17-,18+/m1/s1. The SMILES string of the molecule is CCCCCCCCCCCCOS(=O)(=O)N[C@@H]1[C@H](O)C(O)[C@H](O)C2COC(=O)N21. The maximum absolute atomic E-state index is 12.2. The number of carbonyl (C=O) groups excluding carboxylic acids is 1. The summed E-state index contributed by atoms with van der Waals surface area (Å²) in [4.78, 5) is 12.8. The number of nitrogens with one attached hydrogen (secondary N) is 1. The van der Waals surface area contributed by atoms with Crippen LogP contribution in [0.5, 0.6) is 0 Å². The number of hydrogen-bond donors (Lipinski definition) is 4. The fraction of sp³-hybridized carbons (Fsp3) is 0.947. The van der Waals surface area contributed by atoms with Crippen molar-refractivity contribution < 1.29 is 37.5 Å². The second kappa shape index (κ2) is 12.2. The minimum Gasteiger partial charge on any atom is -0.447 e. The number of unbranched alkanes of at least 4 members (excludes halogenated alkanes) is 9. The quantitative estimate of drug-likeness (QED) is 0.286. The molecular formula is C19H36N2O8S. The van der Waals surface area contributed by atoms with Gasteiger partial charge in [0.1, 0.15) is 31.1 Å². The van der Waals surface area contributed by atoms with E-state index in [1.165, 1.54) is 38.5 Å². The van der Waals surface area contributed by atoms with Crippen molar-refractivity contribution in [2.75, 3.05) is 13.2 Å². The molecule has 0 aliphatic carbocycles. The molecule has 0 aromatic heterocycles. The summed E-state index contributed by atoms with van der Waals surface area (Å²) >= 11 is 0. The molecule has 0 saturated carbocycles. The molecule has 176 valence electrons. The second-order valence-electron chi connectivity index (χ2n) is 8.04. The average molecular weight is 453 g/mol. The number of ether oxygens (including phenoxy) is 1. The molecule has 4 N–H and O–H groups in total. The van der Waals surface area contributed by atoms with Crippen LogP contribution in [0.3, 0.4) is 0 Å². The molecule has 5 atom stereocenters. The van der Waals surface area contributed by atoms with E-state index in [-0.39, 0.29) is 13.2 Å². The fourth-order valence-corrected chi connectivity index (χ4v) is 4.83. The van der Waals surface area contributed by atoms with Crippen molar-refractivity contribution in [1.82, 2.24) is 9.62 Å². The van der Waals surface area contributed by atoms with Crippen LogP contribution < -0.4 is 4.72 Å². The van der Waals surface area contributed by atoms with Crippen LogP contribution >= 0.6 is 0 Å². The smallest absolute Gasteiger partial charge is 0.411 e. The van der Waals surface area contributed by atoms with Crippen molar-refractivity contribution in [3.8, 4) is 0 Å². The first-order chi connectivity index (χ1) is 14.3. The summed E-state index contributed by atoms with van der Waals surface area (Å²) in [5.74, 6) is 0. The first-order valence-electron chi connectivity index (χ1n) is 10.9. The van der Waals surface area contributed by atoms with E-state index in [9.17, 15) is 28.5 Å². The van der Waals surface area contributed by atoms with Gasteiger partial charge in [-0.1, -0.05) is 64.7 Å². The summed E-state index contributed by atoms with van der Waals surface area (Å²) in [5, 5.41) is 30.1. The molecule has 0 radical (unpaired) electrons. The maximum Gasteiger partial charge on any atom is 0.411 e. The lowest BCUT2D eigenvalue weighted by Crippen LogP contribution is -2.70. The molecule has 1 amide bonds. The number of cyclic esters (lactones) is 1. The van der Waals surface area contributed by atoms with E-state index in [4.69, 9.17) is 8.92 Å². The molecule has 11 heteroatoms. The first-order valence-corrected chi connectivity index (χ1v) is 12.3. The van der Waals surface area contributed by atoms with E-state index < -0.39 is 46.9 Å². The van der Waals surface area contributed by atoms with Crippen LogP contribution in [0.4, 0.5) is 4.79 Å². The Labute approximate surface area is 178 Å². The lowest BCUT2D eigenvalue weighted by Gasteiger charge is -2.43. The zero-order valence-electron chi connectivity index (χ0n) is 17.6. The van der Waals surface area contributed by atoms with Crippen LogP contribution in [0.15, 0.2) is 0 Å². The first kappa shape index (κ1) is 25.3. The second-order valence-corrected chi connectivity index (χ2v) is 9.42. The van der Waals surface area contributed by atoms with Crippen LogP contribution in [0.25, 0.3) is 0 Å². The van der Waals surface area contributed by atoms with Crippen molar-refractivity contribution in [3.63, 3.8) is 0 Å². The van der Waals surface area contributed by atoms with Gasteiger partial charge in [0.05, 0.1) is 12.6 Å². The highest BCUT2D eigenvalue weighted by molar-refractivity contribution is 7.84. The van der Waals surface area contributed by atoms with Crippen molar-refractivity contribution in [2.24, 2.45) is 0 Å². The van der Waals surface area contributed by atoms with Crippen molar-refractivity contribution >= 4 is 16.4 Å². The molecule has 2 aliphatic heterocycles. The molecule has 2 aliphatic rings. The van der Waals surface area contributed by atoms with Crippen LogP contribution in [-0.4, -0.2) is 78.5 Å². The van der Waals surface area contributed by atoms with Crippen LogP contribution in [0.1, 0.15) is 71.1 Å². The van der Waals surface area contributed by atoms with E-state index in [1.54, 1.807) is 0 Å². The minimum absolute atomic E-state index is 0.0201. The molecule has 0 aromatic carbocycles. The molecular weight excluding hydrogens is 416 g/mol. The Morgan fingerprint density at radius 2 is 1.53 bits per heavy atom. The molecule has 2 saturated heterocycles. The van der Waals surface area contributed by atoms with E-state index in [0.717, 1.165) is 24.2 Å². The van der Waals surface area contributed by atoms with Gasteiger partial charge in [-0.15, -0.1) is 0 Å². The normalized spacial score (nSPS) is 29.1. The molecule has 0 spiro atoms. The molecule has 30 heavy (non-hydrogen) atoms. The highest BCUT2D eigenvalue weighted by Gasteiger charge is 2.54. The highest BCUT2D eigenvalue weighted by atomic mass is 32.2. The molecule has 2 fully saturated rings.